The Morgan fingerprint density at radius 3 is 2.58 bits per heavy atom. The molecule has 0 aromatic carbocycles. The molecule has 2 saturated heterocycles. The third-order valence-electron chi connectivity index (χ3n) is 4.98. The highest BCUT2D eigenvalue weighted by Crippen LogP contribution is 2.34. The second-order valence-corrected chi connectivity index (χ2v) is 6.93. The molecule has 0 unspecified atom stereocenters. The van der Waals surface area contributed by atoms with E-state index < -0.39 is 5.60 Å². The van der Waals surface area contributed by atoms with Gasteiger partial charge in [-0.25, -0.2) is 4.79 Å². The van der Waals surface area contributed by atoms with Gasteiger partial charge in [0.1, 0.15) is 5.60 Å². The number of hydrogen-bond acceptors (Lipinski definition) is 4. The number of likely N-dealkylation sites (tertiary alicyclic amines) is 1. The molecule has 0 aromatic heterocycles. The van der Waals surface area contributed by atoms with Crippen LogP contribution < -0.4 is 5.32 Å². The SMILES string of the molecule is CCC[C@H](C)N1CC2(CCN(C(=O)CCNC(C)=O)CC2)OC1=O. The van der Waals surface area contributed by atoms with E-state index in [1.807, 2.05) is 4.90 Å². The van der Waals surface area contributed by atoms with Gasteiger partial charge in [0.25, 0.3) is 0 Å². The second-order valence-electron chi connectivity index (χ2n) is 6.93. The highest BCUT2D eigenvalue weighted by atomic mass is 16.6. The van der Waals surface area contributed by atoms with Gasteiger partial charge in [-0.2, -0.15) is 0 Å². The quantitative estimate of drug-likeness (QED) is 0.796. The zero-order valence-electron chi connectivity index (χ0n) is 15.0. The molecule has 0 aromatic rings. The first-order chi connectivity index (χ1) is 11.4. The van der Waals surface area contributed by atoms with E-state index in [0.717, 1.165) is 12.8 Å². The minimum atomic E-state index is -0.437. The second kappa shape index (κ2) is 7.85. The fourth-order valence-electron chi connectivity index (χ4n) is 3.49. The number of carbonyl (C=O) groups is 3. The van der Waals surface area contributed by atoms with Gasteiger partial charge >= 0.3 is 6.09 Å². The highest BCUT2D eigenvalue weighted by Gasteiger charge is 2.48. The average molecular weight is 339 g/mol. The summed E-state index contributed by atoms with van der Waals surface area (Å²) in [6, 6.07) is 0.194. The van der Waals surface area contributed by atoms with Crippen molar-refractivity contribution in [2.24, 2.45) is 0 Å². The zero-order chi connectivity index (χ0) is 17.7. The first-order valence-corrected chi connectivity index (χ1v) is 8.89. The molecule has 2 aliphatic rings. The predicted octanol–water partition coefficient (Wildman–Crippen LogP) is 1.51. The van der Waals surface area contributed by atoms with Crippen LogP contribution in [0, 0.1) is 0 Å². The van der Waals surface area contributed by atoms with Gasteiger partial charge in [-0.05, 0) is 13.3 Å². The first-order valence-electron chi connectivity index (χ1n) is 8.89. The molecule has 2 heterocycles. The van der Waals surface area contributed by atoms with Crippen molar-refractivity contribution >= 4 is 17.9 Å². The Balaban J connectivity index is 1.83. The lowest BCUT2D eigenvalue weighted by atomic mass is 9.90. The standard InChI is InChI=1S/C17H29N3O4/c1-4-5-13(2)20-12-17(24-16(20)23)7-10-19(11-8-17)15(22)6-9-18-14(3)21/h13H,4-12H2,1-3H3,(H,18,21)/t13-/m0/s1. The average Bonchev–Trinajstić information content (AvgIpc) is 2.84. The Kier molecular flexibility index (Phi) is 6.07. The maximum atomic E-state index is 12.2. The summed E-state index contributed by atoms with van der Waals surface area (Å²) in [5.74, 6) is -0.0845. The summed E-state index contributed by atoms with van der Waals surface area (Å²) in [6.07, 6.45) is 3.46. The summed E-state index contributed by atoms with van der Waals surface area (Å²) in [5, 5.41) is 2.64. The normalized spacial score (nSPS) is 20.9. The summed E-state index contributed by atoms with van der Waals surface area (Å²) >= 11 is 0. The third kappa shape index (κ3) is 4.39. The summed E-state index contributed by atoms with van der Waals surface area (Å²) in [4.78, 5) is 38.8. The minimum absolute atomic E-state index is 0.0409. The Hall–Kier alpha value is -1.79. The van der Waals surface area contributed by atoms with Crippen LogP contribution in [-0.2, 0) is 14.3 Å². The van der Waals surface area contributed by atoms with Gasteiger partial charge in [0.15, 0.2) is 0 Å². The van der Waals surface area contributed by atoms with E-state index >= 15 is 0 Å². The van der Waals surface area contributed by atoms with Crippen LogP contribution in [0.3, 0.4) is 0 Å². The molecule has 3 amide bonds. The van der Waals surface area contributed by atoms with E-state index in [9.17, 15) is 14.4 Å². The Morgan fingerprint density at radius 2 is 2.00 bits per heavy atom. The van der Waals surface area contributed by atoms with Crippen molar-refractivity contribution in [1.29, 1.82) is 0 Å². The summed E-state index contributed by atoms with van der Waals surface area (Å²) in [7, 11) is 0. The summed E-state index contributed by atoms with van der Waals surface area (Å²) in [5.41, 5.74) is -0.437. The molecule has 2 rings (SSSR count). The number of nitrogens with one attached hydrogen (secondary N) is 1. The van der Waals surface area contributed by atoms with Crippen molar-refractivity contribution in [3.8, 4) is 0 Å². The minimum Gasteiger partial charge on any atom is -0.441 e. The van der Waals surface area contributed by atoms with Gasteiger partial charge in [-0.15, -0.1) is 0 Å². The molecular weight excluding hydrogens is 310 g/mol. The molecule has 1 N–H and O–H groups in total. The molecule has 1 spiro atoms. The highest BCUT2D eigenvalue weighted by molar-refractivity contribution is 5.78. The van der Waals surface area contributed by atoms with Crippen LogP contribution in [0.25, 0.3) is 0 Å². The van der Waals surface area contributed by atoms with Crippen LogP contribution in [0.5, 0.6) is 0 Å². The number of hydrogen-bond donors (Lipinski definition) is 1. The van der Waals surface area contributed by atoms with E-state index in [1.165, 1.54) is 6.92 Å². The smallest absolute Gasteiger partial charge is 0.410 e. The number of rotatable bonds is 6. The van der Waals surface area contributed by atoms with E-state index in [-0.39, 0.29) is 23.9 Å². The molecule has 136 valence electrons. The number of piperidine rings is 1. The van der Waals surface area contributed by atoms with Crippen LogP contribution in [-0.4, -0.2) is 65.5 Å². The molecule has 1 atom stereocenters. The monoisotopic (exact) mass is 339 g/mol. The van der Waals surface area contributed by atoms with Gasteiger partial charge in [-0.3, -0.25) is 9.59 Å². The van der Waals surface area contributed by atoms with E-state index in [4.69, 9.17) is 4.74 Å². The van der Waals surface area contributed by atoms with Crippen LogP contribution in [0.2, 0.25) is 0 Å². The molecule has 0 aliphatic carbocycles. The van der Waals surface area contributed by atoms with Crippen molar-refractivity contribution < 1.29 is 19.1 Å². The van der Waals surface area contributed by atoms with E-state index in [1.54, 1.807) is 4.90 Å². The largest absolute Gasteiger partial charge is 0.441 e. The van der Waals surface area contributed by atoms with Crippen molar-refractivity contribution in [3.05, 3.63) is 0 Å². The van der Waals surface area contributed by atoms with E-state index in [0.29, 0.717) is 45.4 Å². The fraction of sp³-hybridized carbons (Fsp3) is 0.824. The first kappa shape index (κ1) is 18.5. The topological polar surface area (TPSA) is 78.9 Å². The lowest BCUT2D eigenvalue weighted by Crippen LogP contribution is -2.49. The van der Waals surface area contributed by atoms with Crippen LogP contribution in [0.15, 0.2) is 0 Å². The lowest BCUT2D eigenvalue weighted by Gasteiger charge is -2.37. The van der Waals surface area contributed by atoms with Crippen LogP contribution in [0.4, 0.5) is 4.79 Å². The molecule has 2 fully saturated rings. The fourth-order valence-corrected chi connectivity index (χ4v) is 3.49. The van der Waals surface area contributed by atoms with E-state index in [2.05, 4.69) is 19.2 Å². The number of nitrogens with zero attached hydrogens (tertiary/aromatic N) is 2. The van der Waals surface area contributed by atoms with Gasteiger partial charge in [0, 0.05) is 51.9 Å². The zero-order valence-corrected chi connectivity index (χ0v) is 15.0. The van der Waals surface area contributed by atoms with Gasteiger partial charge in [-0.1, -0.05) is 13.3 Å². The van der Waals surface area contributed by atoms with Crippen molar-refractivity contribution in [2.75, 3.05) is 26.2 Å². The Morgan fingerprint density at radius 1 is 1.33 bits per heavy atom. The molecule has 7 heteroatoms. The number of ether oxygens (including phenoxy) is 1. The molecule has 0 radical (unpaired) electrons. The van der Waals surface area contributed by atoms with Crippen molar-refractivity contribution in [2.45, 2.75) is 64.5 Å². The third-order valence-corrected chi connectivity index (χ3v) is 4.98. The molecule has 0 bridgehead atoms. The molecule has 7 nitrogen and oxygen atoms in total. The van der Waals surface area contributed by atoms with Crippen molar-refractivity contribution in [1.82, 2.24) is 15.1 Å². The molecule has 0 saturated carbocycles. The van der Waals surface area contributed by atoms with Gasteiger partial charge in [0.2, 0.25) is 11.8 Å². The predicted molar refractivity (Wildman–Crippen MR) is 89.4 cm³/mol. The summed E-state index contributed by atoms with van der Waals surface area (Å²) < 4.78 is 5.70. The Bertz CT molecular complexity index is 486. The molecular formula is C17H29N3O4. The maximum absolute atomic E-state index is 12.2. The molecule has 2 aliphatic heterocycles. The van der Waals surface area contributed by atoms with Crippen LogP contribution in [0.1, 0.15) is 52.9 Å². The van der Waals surface area contributed by atoms with Crippen LogP contribution >= 0.6 is 0 Å². The summed E-state index contributed by atoms with van der Waals surface area (Å²) in [6.45, 7) is 7.80. The van der Waals surface area contributed by atoms with Crippen molar-refractivity contribution in [3.63, 3.8) is 0 Å². The van der Waals surface area contributed by atoms with Gasteiger partial charge < -0.3 is 19.9 Å². The maximum Gasteiger partial charge on any atom is 0.410 e. The number of amides is 3. The lowest BCUT2D eigenvalue weighted by molar-refractivity contribution is -0.134. The Labute approximate surface area is 143 Å². The number of carbonyl (C=O) groups excluding carboxylic acids is 3. The molecule has 24 heavy (non-hydrogen) atoms. The van der Waals surface area contributed by atoms with Gasteiger partial charge in [0.05, 0.1) is 6.54 Å².